The minimum atomic E-state index is -1.18. The smallest absolute Gasteiger partial charge is 0.332 e. The second kappa shape index (κ2) is 3.65. The van der Waals surface area contributed by atoms with Crippen molar-refractivity contribution in [2.45, 2.75) is 26.7 Å². The molecule has 4 heteroatoms. The first-order chi connectivity index (χ1) is 7.89. The van der Waals surface area contributed by atoms with Crippen LogP contribution in [0.25, 0.3) is 0 Å². The summed E-state index contributed by atoms with van der Waals surface area (Å²) in [6.07, 6.45) is 4.00. The van der Waals surface area contributed by atoms with Crippen LogP contribution in [0.2, 0.25) is 0 Å². The zero-order valence-electron chi connectivity index (χ0n) is 9.82. The maximum absolute atomic E-state index is 12.2. The molecule has 90 valence electrons. The number of carboxylic acid groups (broad SMARTS) is 1. The second-order valence-electron chi connectivity index (χ2n) is 4.81. The van der Waals surface area contributed by atoms with Crippen LogP contribution in [0.5, 0.6) is 0 Å². The summed E-state index contributed by atoms with van der Waals surface area (Å²) >= 11 is 0. The molecule has 4 nitrogen and oxygen atoms in total. The molecular weight excluding hydrogens is 220 g/mol. The zero-order chi connectivity index (χ0) is 12.8. The molecule has 2 atom stereocenters. The van der Waals surface area contributed by atoms with Gasteiger partial charge >= 0.3 is 5.97 Å². The number of fused-ring (bicyclic) bond motifs is 1. The molecule has 0 aromatic rings. The molecule has 2 rings (SSSR count). The molecule has 17 heavy (non-hydrogen) atoms. The summed E-state index contributed by atoms with van der Waals surface area (Å²) in [6, 6.07) is 0. The molecule has 2 aliphatic rings. The van der Waals surface area contributed by atoms with Gasteiger partial charge in [0.05, 0.1) is 5.41 Å². The van der Waals surface area contributed by atoms with Gasteiger partial charge in [-0.2, -0.15) is 0 Å². The van der Waals surface area contributed by atoms with Gasteiger partial charge in [-0.05, 0) is 38.3 Å². The van der Waals surface area contributed by atoms with Crippen LogP contribution in [0.1, 0.15) is 26.7 Å². The lowest BCUT2D eigenvalue weighted by atomic mass is 9.59. The number of hydrogen-bond donors (Lipinski definition) is 1. The standard InChI is InChI=1S/C13H14O4/c1-7-6-10(14)8-4-3-5-9(12(16)17)13(8,2)11(7)15/h5-6,8H,3-4H2,1-2H3,(H,16,17). The molecule has 0 aliphatic heterocycles. The van der Waals surface area contributed by atoms with Crippen molar-refractivity contribution in [2.24, 2.45) is 11.3 Å². The van der Waals surface area contributed by atoms with Crippen LogP contribution in [-0.4, -0.2) is 22.6 Å². The largest absolute Gasteiger partial charge is 0.478 e. The van der Waals surface area contributed by atoms with E-state index in [1.807, 2.05) is 0 Å². The van der Waals surface area contributed by atoms with E-state index in [0.29, 0.717) is 18.4 Å². The van der Waals surface area contributed by atoms with Gasteiger partial charge in [0.25, 0.3) is 0 Å². The quantitative estimate of drug-likeness (QED) is 0.746. The van der Waals surface area contributed by atoms with Crippen molar-refractivity contribution in [3.63, 3.8) is 0 Å². The fourth-order valence-corrected chi connectivity index (χ4v) is 2.89. The summed E-state index contributed by atoms with van der Waals surface area (Å²) in [7, 11) is 0. The van der Waals surface area contributed by atoms with Crippen LogP contribution in [0.4, 0.5) is 0 Å². The van der Waals surface area contributed by atoms with Crippen LogP contribution in [-0.2, 0) is 14.4 Å². The van der Waals surface area contributed by atoms with Crippen molar-refractivity contribution >= 4 is 17.5 Å². The Bertz CT molecular complexity index is 484. The Kier molecular flexibility index (Phi) is 2.53. The van der Waals surface area contributed by atoms with E-state index in [1.54, 1.807) is 19.9 Å². The van der Waals surface area contributed by atoms with Crippen LogP contribution in [0, 0.1) is 11.3 Å². The summed E-state index contributed by atoms with van der Waals surface area (Å²) in [5.74, 6) is -1.99. The van der Waals surface area contributed by atoms with E-state index >= 15 is 0 Å². The lowest BCUT2D eigenvalue weighted by Crippen LogP contribution is -2.48. The van der Waals surface area contributed by atoms with Crippen molar-refractivity contribution < 1.29 is 19.5 Å². The third-order valence-corrected chi connectivity index (χ3v) is 3.82. The highest BCUT2D eigenvalue weighted by Gasteiger charge is 2.53. The van der Waals surface area contributed by atoms with Crippen molar-refractivity contribution in [2.75, 3.05) is 0 Å². The molecule has 0 fully saturated rings. The summed E-state index contributed by atoms with van der Waals surface area (Å²) < 4.78 is 0. The van der Waals surface area contributed by atoms with E-state index in [2.05, 4.69) is 0 Å². The summed E-state index contributed by atoms with van der Waals surface area (Å²) in [5.41, 5.74) is -0.762. The Balaban J connectivity index is 2.62. The SMILES string of the molecule is CC1=CC(=O)C2CCC=C(C(=O)O)C2(C)C1=O. The number of allylic oxidation sites excluding steroid dienone is 3. The molecule has 2 unspecified atom stereocenters. The predicted octanol–water partition coefficient (Wildman–Crippen LogP) is 1.51. The first kappa shape index (κ1) is 11.8. The normalized spacial score (nSPS) is 32.7. The fourth-order valence-electron chi connectivity index (χ4n) is 2.89. The molecule has 0 bridgehead atoms. The Labute approximate surface area is 99.0 Å². The number of carboxylic acids is 1. The average molecular weight is 234 g/mol. The van der Waals surface area contributed by atoms with E-state index in [-0.39, 0.29) is 17.1 Å². The number of Topliss-reactive ketones (excluding diaryl/α,β-unsaturated/α-hetero) is 1. The van der Waals surface area contributed by atoms with E-state index in [1.165, 1.54) is 6.08 Å². The van der Waals surface area contributed by atoms with Gasteiger partial charge < -0.3 is 5.11 Å². The molecule has 0 aromatic carbocycles. The van der Waals surface area contributed by atoms with Crippen LogP contribution >= 0.6 is 0 Å². The zero-order valence-corrected chi connectivity index (χ0v) is 9.82. The molecule has 0 radical (unpaired) electrons. The maximum atomic E-state index is 12.2. The predicted molar refractivity (Wildman–Crippen MR) is 60.3 cm³/mol. The van der Waals surface area contributed by atoms with E-state index < -0.39 is 17.3 Å². The van der Waals surface area contributed by atoms with Gasteiger partial charge in [-0.25, -0.2) is 4.79 Å². The second-order valence-corrected chi connectivity index (χ2v) is 4.81. The van der Waals surface area contributed by atoms with E-state index in [4.69, 9.17) is 0 Å². The highest BCUT2D eigenvalue weighted by Crippen LogP contribution is 2.47. The molecule has 0 saturated heterocycles. The monoisotopic (exact) mass is 234 g/mol. The summed E-state index contributed by atoms with van der Waals surface area (Å²) in [6.45, 7) is 3.14. The number of ketones is 2. The first-order valence-electron chi connectivity index (χ1n) is 5.60. The fraction of sp³-hybridized carbons (Fsp3) is 0.462. The van der Waals surface area contributed by atoms with E-state index in [0.717, 1.165) is 0 Å². The molecule has 0 saturated carbocycles. The topological polar surface area (TPSA) is 71.4 Å². The van der Waals surface area contributed by atoms with E-state index in [9.17, 15) is 19.5 Å². The van der Waals surface area contributed by atoms with Crippen molar-refractivity contribution in [1.29, 1.82) is 0 Å². The van der Waals surface area contributed by atoms with Gasteiger partial charge in [0.1, 0.15) is 0 Å². The van der Waals surface area contributed by atoms with Crippen LogP contribution in [0.3, 0.4) is 0 Å². The van der Waals surface area contributed by atoms with Gasteiger partial charge in [-0.3, -0.25) is 9.59 Å². The lowest BCUT2D eigenvalue weighted by Gasteiger charge is -2.41. The molecule has 2 aliphatic carbocycles. The van der Waals surface area contributed by atoms with Crippen molar-refractivity contribution in [3.8, 4) is 0 Å². The van der Waals surface area contributed by atoms with Crippen molar-refractivity contribution in [3.05, 3.63) is 23.3 Å². The Morgan fingerprint density at radius 1 is 1.47 bits per heavy atom. The number of hydrogen-bond acceptors (Lipinski definition) is 3. The number of aliphatic carboxylic acids is 1. The lowest BCUT2D eigenvalue weighted by molar-refractivity contribution is -0.141. The highest BCUT2D eigenvalue weighted by atomic mass is 16.4. The van der Waals surface area contributed by atoms with Gasteiger partial charge in [0.2, 0.25) is 0 Å². The number of carbonyl (C=O) groups excluding carboxylic acids is 2. The van der Waals surface area contributed by atoms with Gasteiger partial charge in [-0.15, -0.1) is 0 Å². The Hall–Kier alpha value is -1.71. The summed E-state index contributed by atoms with van der Waals surface area (Å²) in [5, 5.41) is 9.18. The molecule has 0 aromatic heterocycles. The maximum Gasteiger partial charge on any atom is 0.332 e. The Morgan fingerprint density at radius 3 is 2.71 bits per heavy atom. The minimum Gasteiger partial charge on any atom is -0.478 e. The summed E-state index contributed by atoms with van der Waals surface area (Å²) in [4.78, 5) is 35.3. The van der Waals surface area contributed by atoms with Crippen LogP contribution in [0.15, 0.2) is 23.3 Å². The first-order valence-corrected chi connectivity index (χ1v) is 5.60. The molecular formula is C13H14O4. The third-order valence-electron chi connectivity index (χ3n) is 3.82. The minimum absolute atomic E-state index is 0.0690. The third kappa shape index (κ3) is 1.47. The molecule has 0 spiro atoms. The van der Waals surface area contributed by atoms with Gasteiger partial charge in [0, 0.05) is 11.5 Å². The van der Waals surface area contributed by atoms with Crippen LogP contribution < -0.4 is 0 Å². The van der Waals surface area contributed by atoms with Gasteiger partial charge in [0.15, 0.2) is 11.6 Å². The Morgan fingerprint density at radius 2 is 2.12 bits per heavy atom. The molecule has 0 heterocycles. The highest BCUT2D eigenvalue weighted by molar-refractivity contribution is 6.16. The number of carbonyl (C=O) groups is 3. The number of rotatable bonds is 1. The van der Waals surface area contributed by atoms with Gasteiger partial charge in [-0.1, -0.05) is 6.08 Å². The van der Waals surface area contributed by atoms with Crippen molar-refractivity contribution in [1.82, 2.24) is 0 Å². The molecule has 1 N–H and O–H groups in total. The average Bonchev–Trinajstić information content (AvgIpc) is 2.25. The molecule has 0 amide bonds.